The van der Waals surface area contributed by atoms with E-state index in [2.05, 4.69) is 0 Å². The van der Waals surface area contributed by atoms with Crippen LogP contribution in [0.5, 0.6) is 0 Å². The molecule has 0 aliphatic heterocycles. The average molecular weight is 147 g/mol. The minimum atomic E-state index is -4.94. The second-order valence-corrected chi connectivity index (χ2v) is 1.36. The smallest absolute Gasteiger partial charge is 0.222 e. The number of halogens is 1. The molecule has 0 heterocycles. The van der Waals surface area contributed by atoms with E-state index in [1.807, 2.05) is 0 Å². The van der Waals surface area contributed by atoms with Crippen molar-refractivity contribution in [2.24, 2.45) is 0 Å². The molecule has 0 saturated carbocycles. The van der Waals surface area contributed by atoms with Gasteiger partial charge in [-0.1, -0.05) is 0 Å². The molecular weight excluding hydrogens is 144 g/mol. The van der Waals surface area contributed by atoms with Crippen molar-refractivity contribution in [2.75, 3.05) is 0 Å². The molecular formula is C2H3ClLiNO4. The largest absolute Gasteiger partial charge is 1.00 e. The fourth-order valence-corrected chi connectivity index (χ4v) is 0. The summed E-state index contributed by atoms with van der Waals surface area (Å²) in [6, 6.07) is 1.75. The fourth-order valence-electron chi connectivity index (χ4n) is 0. The van der Waals surface area contributed by atoms with Crippen molar-refractivity contribution >= 4 is 0 Å². The van der Waals surface area contributed by atoms with Crippen molar-refractivity contribution in [1.82, 2.24) is 0 Å². The fraction of sp³-hybridized carbons (Fsp3) is 0.500. The van der Waals surface area contributed by atoms with Gasteiger partial charge in [-0.15, -0.1) is 10.2 Å². The monoisotopic (exact) mass is 147 g/mol. The Kier molecular flexibility index (Phi) is 14.7. The molecule has 5 nitrogen and oxygen atoms in total. The molecule has 0 N–H and O–H groups in total. The summed E-state index contributed by atoms with van der Waals surface area (Å²) in [5.74, 6) is 0. The van der Waals surface area contributed by atoms with Crippen molar-refractivity contribution < 1.29 is 47.7 Å². The van der Waals surface area contributed by atoms with Gasteiger partial charge in [0.05, 0.1) is 6.07 Å². The van der Waals surface area contributed by atoms with Gasteiger partial charge in [0, 0.05) is 6.92 Å². The van der Waals surface area contributed by atoms with E-state index in [9.17, 15) is 0 Å². The summed E-state index contributed by atoms with van der Waals surface area (Å²) in [6.45, 7) is 1.43. The summed E-state index contributed by atoms with van der Waals surface area (Å²) in [5, 5.41) is 7.32. The molecule has 48 valence electrons. The molecule has 0 aliphatic carbocycles. The molecule has 0 bridgehead atoms. The number of hydrogen-bond donors (Lipinski definition) is 0. The van der Waals surface area contributed by atoms with E-state index in [0.717, 1.165) is 0 Å². The Labute approximate surface area is 66.4 Å². The second kappa shape index (κ2) is 8.22. The molecule has 0 aliphatic rings. The molecule has 0 rings (SSSR count). The van der Waals surface area contributed by atoms with Gasteiger partial charge >= 0.3 is 18.9 Å². The van der Waals surface area contributed by atoms with E-state index in [1.165, 1.54) is 6.92 Å². The summed E-state index contributed by atoms with van der Waals surface area (Å²) in [7, 11) is -4.94. The molecule has 0 aromatic carbocycles. The first-order valence-corrected chi connectivity index (χ1v) is 2.58. The van der Waals surface area contributed by atoms with Gasteiger partial charge in [-0.05, 0) is 0 Å². The van der Waals surface area contributed by atoms with Crippen LogP contribution in [0.25, 0.3) is 0 Å². The van der Waals surface area contributed by atoms with E-state index < -0.39 is 10.2 Å². The third-order valence-electron chi connectivity index (χ3n) is 0. The molecule has 0 saturated heterocycles. The zero-order valence-corrected chi connectivity index (χ0v) is 5.71. The molecule has 0 aromatic rings. The van der Waals surface area contributed by atoms with Crippen LogP contribution in [0.2, 0.25) is 0 Å². The van der Waals surface area contributed by atoms with Crippen LogP contribution in [0.1, 0.15) is 6.92 Å². The van der Waals surface area contributed by atoms with Crippen LogP contribution in [0.4, 0.5) is 0 Å². The Hall–Kier alpha value is 0.217. The SMILES string of the molecule is CC#N.[Li+].[O-][Cl+3]([O-])([O-])[O-]. The molecule has 0 aromatic heterocycles. The van der Waals surface area contributed by atoms with Crippen molar-refractivity contribution in [3.8, 4) is 6.07 Å². The van der Waals surface area contributed by atoms with E-state index in [4.69, 9.17) is 23.9 Å². The molecule has 7 heteroatoms. The number of nitriles is 1. The van der Waals surface area contributed by atoms with E-state index >= 15 is 0 Å². The summed E-state index contributed by atoms with van der Waals surface area (Å²) in [4.78, 5) is 0. The van der Waals surface area contributed by atoms with E-state index in [1.54, 1.807) is 6.07 Å². The van der Waals surface area contributed by atoms with Gasteiger partial charge in [0.15, 0.2) is 0 Å². The van der Waals surface area contributed by atoms with Crippen molar-refractivity contribution in [3.05, 3.63) is 0 Å². The van der Waals surface area contributed by atoms with Crippen LogP contribution in [0, 0.1) is 21.6 Å². The zero-order valence-electron chi connectivity index (χ0n) is 4.96. The molecule has 9 heavy (non-hydrogen) atoms. The first kappa shape index (κ1) is 16.1. The van der Waals surface area contributed by atoms with Gasteiger partial charge in [-0.25, -0.2) is 18.6 Å². The second-order valence-electron chi connectivity index (χ2n) is 0.602. The quantitative estimate of drug-likeness (QED) is 0.316. The third-order valence-corrected chi connectivity index (χ3v) is 0. The number of rotatable bonds is 0. The van der Waals surface area contributed by atoms with Gasteiger partial charge < -0.3 is 0 Å². The number of nitrogens with zero attached hydrogens (tertiary/aromatic N) is 1. The van der Waals surface area contributed by atoms with Gasteiger partial charge in [0.2, 0.25) is 0 Å². The van der Waals surface area contributed by atoms with Crippen LogP contribution in [-0.2, 0) is 0 Å². The predicted octanol–water partition coefficient (Wildman–Crippen LogP) is -7.22. The Balaban J connectivity index is -0.0000000800. The van der Waals surface area contributed by atoms with Crippen LogP contribution < -0.4 is 37.5 Å². The van der Waals surface area contributed by atoms with Crippen molar-refractivity contribution in [1.29, 1.82) is 5.26 Å². The Morgan fingerprint density at radius 1 is 1.22 bits per heavy atom. The minimum absolute atomic E-state index is 0. The Morgan fingerprint density at radius 3 is 1.22 bits per heavy atom. The molecule has 0 atom stereocenters. The third kappa shape index (κ3) is 6720. The van der Waals surface area contributed by atoms with Crippen molar-refractivity contribution in [3.63, 3.8) is 0 Å². The standard InChI is InChI=1S/C2H3N.ClHO4.Li/c1-2-3;2-1(3,4)5;/h1H3;(H,2,3,4,5);/q;;+1/p-1. The summed E-state index contributed by atoms with van der Waals surface area (Å²) in [6.07, 6.45) is 0. The van der Waals surface area contributed by atoms with Crippen LogP contribution >= 0.6 is 0 Å². The first-order chi connectivity index (χ1) is 3.41. The van der Waals surface area contributed by atoms with Crippen LogP contribution in [0.3, 0.4) is 0 Å². The maximum atomic E-state index is 8.49. The Morgan fingerprint density at radius 2 is 1.22 bits per heavy atom. The van der Waals surface area contributed by atoms with Gasteiger partial charge in [-0.3, -0.25) is 0 Å². The molecule has 0 spiro atoms. The molecule has 0 fully saturated rings. The van der Waals surface area contributed by atoms with Gasteiger partial charge in [0.25, 0.3) is 0 Å². The maximum Gasteiger partial charge on any atom is 1.00 e. The first-order valence-electron chi connectivity index (χ1n) is 1.34. The Bertz CT molecular complexity index is 79.5. The van der Waals surface area contributed by atoms with Crippen molar-refractivity contribution in [2.45, 2.75) is 6.92 Å². The summed E-state index contributed by atoms with van der Waals surface area (Å²) in [5.41, 5.74) is 0. The molecule has 0 amide bonds. The maximum absolute atomic E-state index is 8.49. The molecule has 0 unspecified atom stereocenters. The topological polar surface area (TPSA) is 116 Å². The predicted molar refractivity (Wildman–Crippen MR) is 11.3 cm³/mol. The summed E-state index contributed by atoms with van der Waals surface area (Å²) < 4.78 is 34.0. The average Bonchev–Trinajstić information content (AvgIpc) is 1.27. The van der Waals surface area contributed by atoms with Crippen LogP contribution in [-0.4, -0.2) is 0 Å². The van der Waals surface area contributed by atoms with Gasteiger partial charge in [-0.2, -0.15) is 5.26 Å². The normalized spacial score (nSPS) is 7.56. The molecule has 0 radical (unpaired) electrons. The number of hydrogen-bond acceptors (Lipinski definition) is 5. The van der Waals surface area contributed by atoms with Gasteiger partial charge in [0.1, 0.15) is 0 Å². The van der Waals surface area contributed by atoms with E-state index in [-0.39, 0.29) is 18.9 Å². The zero-order chi connectivity index (χ0) is 7.21. The summed E-state index contributed by atoms with van der Waals surface area (Å²) >= 11 is 0. The minimum Gasteiger partial charge on any atom is -0.222 e. The van der Waals surface area contributed by atoms with Crippen LogP contribution in [0.15, 0.2) is 0 Å². The van der Waals surface area contributed by atoms with E-state index in [0.29, 0.717) is 0 Å².